The summed E-state index contributed by atoms with van der Waals surface area (Å²) in [6, 6.07) is -0.574. The first-order valence-electron chi connectivity index (χ1n) is 6.16. The molecular formula is C12H18F3N3O2. The number of aromatic nitrogens is 2. The van der Waals surface area contributed by atoms with Crippen LogP contribution in [0.3, 0.4) is 0 Å². The Balaban J connectivity index is 2.95. The molecule has 0 saturated heterocycles. The predicted octanol–water partition coefficient (Wildman–Crippen LogP) is 2.49. The Morgan fingerprint density at radius 3 is 2.50 bits per heavy atom. The molecule has 0 saturated carbocycles. The molecule has 5 nitrogen and oxygen atoms in total. The van der Waals surface area contributed by atoms with Crippen molar-refractivity contribution in [3.8, 4) is 11.8 Å². The minimum Gasteiger partial charge on any atom is -0.480 e. The van der Waals surface area contributed by atoms with Gasteiger partial charge in [-0.2, -0.15) is 18.2 Å². The highest BCUT2D eigenvalue weighted by Crippen LogP contribution is 2.30. The van der Waals surface area contributed by atoms with Gasteiger partial charge in [-0.25, -0.2) is 4.98 Å². The lowest BCUT2D eigenvalue weighted by molar-refractivity contribution is -0.136. The molecule has 0 fully saturated rings. The van der Waals surface area contributed by atoms with Gasteiger partial charge in [0.1, 0.15) is 5.69 Å². The molecule has 1 aromatic rings. The monoisotopic (exact) mass is 293 g/mol. The van der Waals surface area contributed by atoms with E-state index in [1.165, 1.54) is 20.4 Å². The second-order valence-electron chi connectivity index (χ2n) is 4.07. The van der Waals surface area contributed by atoms with E-state index < -0.39 is 18.6 Å². The highest BCUT2D eigenvalue weighted by atomic mass is 19.4. The Morgan fingerprint density at radius 2 is 2.00 bits per heavy atom. The zero-order valence-electron chi connectivity index (χ0n) is 11.6. The van der Waals surface area contributed by atoms with Crippen LogP contribution in [0.25, 0.3) is 0 Å². The number of alkyl halides is 3. The number of rotatable bonds is 7. The number of methoxy groups -OCH3 is 2. The fourth-order valence-corrected chi connectivity index (χ4v) is 1.74. The summed E-state index contributed by atoms with van der Waals surface area (Å²) < 4.78 is 47.1. The minimum atomic E-state index is -4.21. The Hall–Kier alpha value is -1.57. The lowest BCUT2D eigenvalue weighted by Gasteiger charge is -2.20. The van der Waals surface area contributed by atoms with Crippen LogP contribution in [-0.4, -0.2) is 36.9 Å². The van der Waals surface area contributed by atoms with Gasteiger partial charge < -0.3 is 14.8 Å². The fraction of sp³-hybridized carbons (Fsp3) is 0.667. The van der Waals surface area contributed by atoms with E-state index in [9.17, 15) is 13.2 Å². The van der Waals surface area contributed by atoms with Crippen molar-refractivity contribution in [2.24, 2.45) is 0 Å². The van der Waals surface area contributed by atoms with Gasteiger partial charge in [-0.3, -0.25) is 0 Å². The Kier molecular flexibility index (Phi) is 6.00. The average molecular weight is 293 g/mol. The maximum atomic E-state index is 12.4. The Morgan fingerprint density at radius 1 is 1.30 bits per heavy atom. The van der Waals surface area contributed by atoms with E-state index in [1.54, 1.807) is 0 Å². The van der Waals surface area contributed by atoms with Crippen molar-refractivity contribution in [1.82, 2.24) is 15.3 Å². The van der Waals surface area contributed by atoms with Crippen LogP contribution in [0.5, 0.6) is 11.8 Å². The van der Waals surface area contributed by atoms with E-state index >= 15 is 0 Å². The van der Waals surface area contributed by atoms with E-state index in [-0.39, 0.29) is 18.2 Å². The summed E-state index contributed by atoms with van der Waals surface area (Å²) in [4.78, 5) is 8.13. The van der Waals surface area contributed by atoms with Gasteiger partial charge in [-0.15, -0.1) is 0 Å². The SMILES string of the molecule is CCNC(CCC(F)(F)F)c1ncc(OC)nc1OC. The van der Waals surface area contributed by atoms with Crippen LogP contribution < -0.4 is 14.8 Å². The van der Waals surface area contributed by atoms with Crippen LogP contribution in [0.4, 0.5) is 13.2 Å². The summed E-state index contributed by atoms with van der Waals surface area (Å²) in [6.45, 7) is 2.32. The van der Waals surface area contributed by atoms with Gasteiger partial charge in [-0.05, 0) is 13.0 Å². The van der Waals surface area contributed by atoms with Crippen molar-refractivity contribution in [3.05, 3.63) is 11.9 Å². The van der Waals surface area contributed by atoms with Gasteiger partial charge >= 0.3 is 6.18 Å². The standard InChI is InChI=1S/C12H18F3N3O2/c1-4-16-8(5-6-12(13,14)15)10-11(20-3)18-9(19-2)7-17-10/h7-8,16H,4-6H2,1-3H3. The second-order valence-corrected chi connectivity index (χ2v) is 4.07. The first kappa shape index (κ1) is 16.5. The molecule has 1 heterocycles. The zero-order chi connectivity index (χ0) is 15.2. The molecule has 0 aromatic carbocycles. The number of halogens is 3. The molecule has 1 aromatic heterocycles. The molecule has 1 atom stereocenters. The van der Waals surface area contributed by atoms with Crippen molar-refractivity contribution in [2.75, 3.05) is 20.8 Å². The van der Waals surface area contributed by atoms with E-state index in [1.807, 2.05) is 6.92 Å². The molecule has 8 heteroatoms. The smallest absolute Gasteiger partial charge is 0.389 e. The summed E-state index contributed by atoms with van der Waals surface area (Å²) in [5.74, 6) is 0.411. The second kappa shape index (κ2) is 7.28. The third kappa shape index (κ3) is 4.84. The number of ether oxygens (including phenoxy) is 2. The van der Waals surface area contributed by atoms with Gasteiger partial charge in [0, 0.05) is 6.42 Å². The summed E-state index contributed by atoms with van der Waals surface area (Å²) in [6.07, 6.45) is -3.88. The van der Waals surface area contributed by atoms with Crippen LogP contribution in [-0.2, 0) is 0 Å². The summed E-state index contributed by atoms with van der Waals surface area (Å²) in [5, 5.41) is 2.96. The summed E-state index contributed by atoms with van der Waals surface area (Å²) in [5.41, 5.74) is 0.347. The molecule has 0 aliphatic heterocycles. The maximum Gasteiger partial charge on any atom is 0.389 e. The lowest BCUT2D eigenvalue weighted by Crippen LogP contribution is -2.24. The van der Waals surface area contributed by atoms with Gasteiger partial charge in [0.25, 0.3) is 0 Å². The topological polar surface area (TPSA) is 56.3 Å². The van der Waals surface area contributed by atoms with E-state index in [0.717, 1.165) is 0 Å². The number of hydrogen-bond acceptors (Lipinski definition) is 5. The molecule has 0 bridgehead atoms. The van der Waals surface area contributed by atoms with Crippen molar-refractivity contribution in [2.45, 2.75) is 32.0 Å². The molecule has 20 heavy (non-hydrogen) atoms. The molecule has 1 unspecified atom stereocenters. The van der Waals surface area contributed by atoms with E-state index in [4.69, 9.17) is 9.47 Å². The Bertz CT molecular complexity index is 427. The van der Waals surface area contributed by atoms with Gasteiger partial charge in [0.2, 0.25) is 11.8 Å². The van der Waals surface area contributed by atoms with E-state index in [0.29, 0.717) is 12.2 Å². The molecule has 0 amide bonds. The number of nitrogens with zero attached hydrogens (tertiary/aromatic N) is 2. The average Bonchev–Trinajstić information content (AvgIpc) is 2.41. The molecule has 1 rings (SSSR count). The van der Waals surface area contributed by atoms with Gasteiger partial charge in [-0.1, -0.05) is 6.92 Å². The van der Waals surface area contributed by atoms with Crippen molar-refractivity contribution >= 4 is 0 Å². The lowest BCUT2D eigenvalue weighted by atomic mass is 10.1. The highest BCUT2D eigenvalue weighted by Gasteiger charge is 2.30. The number of nitrogens with one attached hydrogen (secondary N) is 1. The summed E-state index contributed by atoms with van der Waals surface area (Å²) >= 11 is 0. The Labute approximate surface area is 115 Å². The number of hydrogen-bond donors (Lipinski definition) is 1. The van der Waals surface area contributed by atoms with Crippen LogP contribution in [0.2, 0.25) is 0 Å². The third-order valence-electron chi connectivity index (χ3n) is 2.64. The minimum absolute atomic E-state index is 0.130. The predicted molar refractivity (Wildman–Crippen MR) is 66.8 cm³/mol. The zero-order valence-corrected chi connectivity index (χ0v) is 11.6. The molecule has 0 radical (unpaired) electrons. The highest BCUT2D eigenvalue weighted by molar-refractivity contribution is 5.25. The van der Waals surface area contributed by atoms with Crippen LogP contribution in [0.15, 0.2) is 6.20 Å². The van der Waals surface area contributed by atoms with E-state index in [2.05, 4.69) is 15.3 Å². The quantitative estimate of drug-likeness (QED) is 0.837. The fourth-order valence-electron chi connectivity index (χ4n) is 1.74. The molecular weight excluding hydrogens is 275 g/mol. The molecule has 0 aliphatic rings. The van der Waals surface area contributed by atoms with Crippen molar-refractivity contribution in [3.63, 3.8) is 0 Å². The molecule has 1 N–H and O–H groups in total. The van der Waals surface area contributed by atoms with Crippen LogP contribution in [0.1, 0.15) is 31.5 Å². The largest absolute Gasteiger partial charge is 0.480 e. The molecule has 0 spiro atoms. The molecule has 114 valence electrons. The summed E-state index contributed by atoms with van der Waals surface area (Å²) in [7, 11) is 2.81. The normalized spacial score (nSPS) is 13.1. The van der Waals surface area contributed by atoms with Crippen molar-refractivity contribution in [1.29, 1.82) is 0 Å². The van der Waals surface area contributed by atoms with Crippen molar-refractivity contribution < 1.29 is 22.6 Å². The van der Waals surface area contributed by atoms with Gasteiger partial charge in [0.15, 0.2) is 0 Å². The first-order valence-corrected chi connectivity index (χ1v) is 6.16. The van der Waals surface area contributed by atoms with Crippen LogP contribution in [0, 0.1) is 0 Å². The molecule has 0 aliphatic carbocycles. The van der Waals surface area contributed by atoms with Crippen LogP contribution >= 0.6 is 0 Å². The van der Waals surface area contributed by atoms with Gasteiger partial charge in [0.05, 0.1) is 26.5 Å². The first-order chi connectivity index (χ1) is 9.41. The maximum absolute atomic E-state index is 12.4. The third-order valence-corrected chi connectivity index (χ3v) is 2.64.